The van der Waals surface area contributed by atoms with Gasteiger partial charge in [-0.15, -0.1) is 0 Å². The Kier molecular flexibility index (Phi) is 3.85. The molecule has 0 saturated heterocycles. The Morgan fingerprint density at radius 1 is 1.60 bits per heavy atom. The summed E-state index contributed by atoms with van der Waals surface area (Å²) in [7, 11) is -2.94. The molecule has 0 aromatic carbocycles. The summed E-state index contributed by atoms with van der Waals surface area (Å²) in [6.45, 7) is 0.121. The van der Waals surface area contributed by atoms with Crippen LogP contribution in [-0.4, -0.2) is 38.2 Å². The number of rotatable bonds is 4. The van der Waals surface area contributed by atoms with Gasteiger partial charge in [0.1, 0.15) is 9.84 Å². The third kappa shape index (κ3) is 6.00. The van der Waals surface area contributed by atoms with Crippen molar-refractivity contribution in [1.82, 2.24) is 0 Å². The molecule has 0 unspecified atom stereocenters. The predicted octanol–water partition coefficient (Wildman–Crippen LogP) is -1.26. The quantitative estimate of drug-likeness (QED) is 0.547. The van der Waals surface area contributed by atoms with Crippen LogP contribution >= 0.6 is 0 Å². The summed E-state index contributed by atoms with van der Waals surface area (Å²) < 4.78 is 21.0. The molecule has 0 aromatic rings. The van der Waals surface area contributed by atoms with E-state index >= 15 is 0 Å². The van der Waals surface area contributed by atoms with Gasteiger partial charge in [0, 0.05) is 12.8 Å². The van der Waals surface area contributed by atoms with E-state index in [1.54, 1.807) is 0 Å². The number of aliphatic hydroxyl groups is 1. The third-order valence-electron chi connectivity index (χ3n) is 1.09. The zero-order chi connectivity index (χ0) is 8.20. The lowest BCUT2D eigenvalue weighted by Gasteiger charge is -2.04. The van der Waals surface area contributed by atoms with Crippen LogP contribution < -0.4 is 5.73 Å². The largest absolute Gasteiger partial charge is 0.392 e. The van der Waals surface area contributed by atoms with Crippen LogP contribution in [0.2, 0.25) is 0 Å². The van der Waals surface area contributed by atoms with Crippen LogP contribution in [0.1, 0.15) is 6.42 Å². The van der Waals surface area contributed by atoms with Crippen molar-refractivity contribution in [3.05, 3.63) is 0 Å². The van der Waals surface area contributed by atoms with Gasteiger partial charge in [-0.3, -0.25) is 0 Å². The Hall–Kier alpha value is -0.130. The molecule has 4 nitrogen and oxygen atoms in total. The third-order valence-corrected chi connectivity index (χ3v) is 2.07. The van der Waals surface area contributed by atoms with Crippen LogP contribution in [0.3, 0.4) is 0 Å². The van der Waals surface area contributed by atoms with E-state index in [0.29, 0.717) is 0 Å². The fourth-order valence-electron chi connectivity index (χ4n) is 0.468. The van der Waals surface area contributed by atoms with Crippen LogP contribution in [0.4, 0.5) is 0 Å². The van der Waals surface area contributed by atoms with Gasteiger partial charge in [-0.2, -0.15) is 0 Å². The number of sulfone groups is 1. The van der Waals surface area contributed by atoms with Gasteiger partial charge in [0.25, 0.3) is 0 Å². The van der Waals surface area contributed by atoms with E-state index < -0.39 is 15.9 Å². The first-order valence-electron chi connectivity index (χ1n) is 3.01. The molecule has 0 bridgehead atoms. The fourth-order valence-corrected chi connectivity index (χ4v) is 1.17. The summed E-state index contributed by atoms with van der Waals surface area (Å²) in [5, 5.41) is 8.83. The van der Waals surface area contributed by atoms with Crippen molar-refractivity contribution in [1.29, 1.82) is 0 Å². The zero-order valence-electron chi connectivity index (χ0n) is 5.95. The molecule has 0 amide bonds. The van der Waals surface area contributed by atoms with Gasteiger partial charge in [-0.1, -0.05) is 0 Å². The van der Waals surface area contributed by atoms with Gasteiger partial charge in [0.05, 0.1) is 11.9 Å². The standard InChI is InChI=1S/C5H13NO3S/c1-10(8,9)3-2-5(7)4-6/h5,7H,2-4,6H2,1H3/t5-/m0/s1. The lowest BCUT2D eigenvalue weighted by Crippen LogP contribution is -2.22. The average molecular weight is 167 g/mol. The summed E-state index contributed by atoms with van der Waals surface area (Å²) in [6.07, 6.45) is 0.681. The van der Waals surface area contributed by atoms with E-state index in [0.717, 1.165) is 6.26 Å². The maximum Gasteiger partial charge on any atom is 0.147 e. The molecular weight excluding hydrogens is 154 g/mol. The first-order valence-corrected chi connectivity index (χ1v) is 5.07. The van der Waals surface area contributed by atoms with Gasteiger partial charge in [0.2, 0.25) is 0 Å². The minimum absolute atomic E-state index is 0.00532. The van der Waals surface area contributed by atoms with Gasteiger partial charge >= 0.3 is 0 Å². The predicted molar refractivity (Wildman–Crippen MR) is 39.4 cm³/mol. The summed E-state index contributed by atoms with van der Waals surface area (Å²) >= 11 is 0. The van der Waals surface area contributed by atoms with Crippen molar-refractivity contribution >= 4 is 9.84 Å². The fraction of sp³-hybridized carbons (Fsp3) is 1.00. The average Bonchev–Trinajstić information content (AvgIpc) is 1.81. The van der Waals surface area contributed by atoms with Crippen LogP contribution in [0.5, 0.6) is 0 Å². The van der Waals surface area contributed by atoms with Crippen molar-refractivity contribution < 1.29 is 13.5 Å². The van der Waals surface area contributed by atoms with Gasteiger partial charge < -0.3 is 10.8 Å². The first-order chi connectivity index (χ1) is 4.45. The second-order valence-electron chi connectivity index (χ2n) is 2.31. The highest BCUT2D eigenvalue weighted by Gasteiger charge is 2.06. The minimum Gasteiger partial charge on any atom is -0.392 e. The van der Waals surface area contributed by atoms with Gasteiger partial charge in [-0.25, -0.2) is 8.42 Å². The number of hydrogen-bond acceptors (Lipinski definition) is 4. The van der Waals surface area contributed by atoms with Crippen molar-refractivity contribution in [2.24, 2.45) is 5.73 Å². The van der Waals surface area contributed by atoms with E-state index in [-0.39, 0.29) is 18.7 Å². The molecule has 0 radical (unpaired) electrons. The first kappa shape index (κ1) is 9.87. The smallest absolute Gasteiger partial charge is 0.147 e. The summed E-state index contributed by atoms with van der Waals surface area (Å²) in [5.41, 5.74) is 5.06. The molecule has 0 aliphatic heterocycles. The minimum atomic E-state index is -2.94. The molecule has 0 heterocycles. The van der Waals surface area contributed by atoms with Crippen LogP contribution in [-0.2, 0) is 9.84 Å². The Morgan fingerprint density at radius 2 is 2.10 bits per heavy atom. The van der Waals surface area contributed by atoms with Crippen LogP contribution in [0.15, 0.2) is 0 Å². The SMILES string of the molecule is CS(=O)(=O)CC[C@H](O)CN. The van der Waals surface area contributed by atoms with E-state index in [1.165, 1.54) is 0 Å². The van der Waals surface area contributed by atoms with Crippen molar-refractivity contribution in [3.63, 3.8) is 0 Å². The maximum atomic E-state index is 10.5. The topological polar surface area (TPSA) is 80.4 Å². The van der Waals surface area contributed by atoms with Crippen molar-refractivity contribution in [3.8, 4) is 0 Å². The van der Waals surface area contributed by atoms with E-state index in [4.69, 9.17) is 10.8 Å². The van der Waals surface area contributed by atoms with Crippen molar-refractivity contribution in [2.75, 3.05) is 18.6 Å². The summed E-state index contributed by atoms with van der Waals surface area (Å²) in [6, 6.07) is 0. The number of aliphatic hydroxyl groups excluding tert-OH is 1. The normalized spacial score (nSPS) is 15.1. The molecule has 1 atom stereocenters. The Morgan fingerprint density at radius 3 is 2.40 bits per heavy atom. The molecule has 0 aliphatic carbocycles. The highest BCUT2D eigenvalue weighted by atomic mass is 32.2. The molecule has 5 heteroatoms. The van der Waals surface area contributed by atoms with Gasteiger partial charge in [0.15, 0.2) is 0 Å². The molecule has 62 valence electrons. The lowest BCUT2D eigenvalue weighted by molar-refractivity contribution is 0.179. The Labute approximate surface area is 61.0 Å². The molecule has 3 N–H and O–H groups in total. The van der Waals surface area contributed by atoms with E-state index in [2.05, 4.69) is 0 Å². The van der Waals surface area contributed by atoms with Crippen molar-refractivity contribution in [2.45, 2.75) is 12.5 Å². The highest BCUT2D eigenvalue weighted by molar-refractivity contribution is 7.90. The molecule has 0 saturated carbocycles. The number of hydrogen-bond donors (Lipinski definition) is 2. The second kappa shape index (κ2) is 3.90. The number of nitrogens with two attached hydrogens (primary N) is 1. The second-order valence-corrected chi connectivity index (χ2v) is 4.57. The molecule has 0 aliphatic rings. The van der Waals surface area contributed by atoms with Gasteiger partial charge in [-0.05, 0) is 6.42 Å². The van der Waals surface area contributed by atoms with Crippen LogP contribution in [0.25, 0.3) is 0 Å². The summed E-state index contributed by atoms with van der Waals surface area (Å²) in [4.78, 5) is 0. The molecule has 0 spiro atoms. The Balaban J connectivity index is 3.56. The zero-order valence-corrected chi connectivity index (χ0v) is 6.76. The lowest BCUT2D eigenvalue weighted by atomic mass is 10.3. The van der Waals surface area contributed by atoms with E-state index in [1.807, 2.05) is 0 Å². The monoisotopic (exact) mass is 167 g/mol. The molecule has 0 rings (SSSR count). The summed E-state index contributed by atoms with van der Waals surface area (Å²) in [5.74, 6) is 0.00532. The maximum absolute atomic E-state index is 10.5. The highest BCUT2D eigenvalue weighted by Crippen LogP contribution is 1.93. The molecule has 10 heavy (non-hydrogen) atoms. The van der Waals surface area contributed by atoms with E-state index in [9.17, 15) is 8.42 Å². The molecule has 0 aromatic heterocycles. The molecular formula is C5H13NO3S. The molecule has 0 fully saturated rings. The Bertz CT molecular complexity index is 175. The van der Waals surface area contributed by atoms with Crippen LogP contribution in [0, 0.1) is 0 Å².